The molecule has 0 spiro atoms. The Hall–Kier alpha value is -2.99. The van der Waals surface area contributed by atoms with Crippen LogP contribution < -0.4 is 20.1 Å². The molecule has 1 aromatic heterocycles. The minimum Gasteiger partial charge on any atom is -0.496 e. The second-order valence-corrected chi connectivity index (χ2v) is 7.17. The number of carbonyl (C=O) groups is 1. The van der Waals surface area contributed by atoms with Crippen LogP contribution in [-0.4, -0.2) is 24.2 Å². The fraction of sp³-hybridized carbons (Fsp3) is 0.238. The molecular formula is C21H20ClN3O3. The molecule has 0 radical (unpaired) electrons. The summed E-state index contributed by atoms with van der Waals surface area (Å²) in [7, 11) is 1.64. The predicted octanol–water partition coefficient (Wildman–Crippen LogP) is 5.28. The number of nitrogens with zero attached hydrogens (tertiary/aromatic N) is 1. The van der Waals surface area contributed by atoms with E-state index in [1.165, 1.54) is 0 Å². The third-order valence-corrected chi connectivity index (χ3v) is 4.86. The first kappa shape index (κ1) is 18.4. The lowest BCUT2D eigenvalue weighted by atomic mass is 10.1. The summed E-state index contributed by atoms with van der Waals surface area (Å²) in [5, 5.41) is 6.90. The van der Waals surface area contributed by atoms with Crippen molar-refractivity contribution < 1.29 is 14.3 Å². The molecule has 2 amide bonds. The molecule has 0 saturated heterocycles. The number of methoxy groups -OCH3 is 1. The van der Waals surface area contributed by atoms with Crippen LogP contribution in [0.3, 0.4) is 0 Å². The van der Waals surface area contributed by atoms with Gasteiger partial charge in [0.1, 0.15) is 17.2 Å². The number of amides is 2. The van der Waals surface area contributed by atoms with E-state index in [1.807, 2.05) is 19.1 Å². The Kier molecular flexibility index (Phi) is 4.96. The summed E-state index contributed by atoms with van der Waals surface area (Å²) in [5.74, 6) is 2.01. The number of aryl methyl sites for hydroxylation is 1. The predicted molar refractivity (Wildman–Crippen MR) is 110 cm³/mol. The maximum atomic E-state index is 11.9. The van der Waals surface area contributed by atoms with Crippen molar-refractivity contribution in [3.63, 3.8) is 0 Å². The summed E-state index contributed by atoms with van der Waals surface area (Å²) < 4.78 is 11.4. The van der Waals surface area contributed by atoms with Gasteiger partial charge in [-0.15, -0.1) is 0 Å². The zero-order chi connectivity index (χ0) is 19.7. The number of aromatic nitrogens is 1. The van der Waals surface area contributed by atoms with Crippen molar-refractivity contribution in [2.45, 2.75) is 25.8 Å². The van der Waals surface area contributed by atoms with Gasteiger partial charge in [0.2, 0.25) is 0 Å². The molecule has 28 heavy (non-hydrogen) atoms. The Morgan fingerprint density at radius 2 is 2.00 bits per heavy atom. The molecule has 0 bridgehead atoms. The van der Waals surface area contributed by atoms with Crippen LogP contribution in [0.15, 0.2) is 42.6 Å². The maximum Gasteiger partial charge on any atom is 0.319 e. The van der Waals surface area contributed by atoms with Gasteiger partial charge in [0.15, 0.2) is 0 Å². The molecule has 0 atom stereocenters. The highest BCUT2D eigenvalue weighted by Gasteiger charge is 2.23. The van der Waals surface area contributed by atoms with Gasteiger partial charge in [-0.05, 0) is 49.6 Å². The number of anilines is 1. The first-order valence-corrected chi connectivity index (χ1v) is 9.39. The average Bonchev–Trinajstić information content (AvgIpc) is 3.48. The first-order valence-electron chi connectivity index (χ1n) is 9.02. The molecule has 0 aliphatic heterocycles. The van der Waals surface area contributed by atoms with Crippen molar-refractivity contribution in [2.75, 3.05) is 12.4 Å². The second-order valence-electron chi connectivity index (χ2n) is 6.76. The van der Waals surface area contributed by atoms with E-state index in [2.05, 4.69) is 15.6 Å². The second kappa shape index (κ2) is 7.56. The topological polar surface area (TPSA) is 72.5 Å². The molecular weight excluding hydrogens is 378 g/mol. The standard InChI is InChI=1S/C21H20ClN3O3/c1-12-9-15-18(11-20(12)27-2)23-8-7-19(15)28-14-5-6-17(16(22)10-14)25-21(26)24-13-3-4-13/h5-11,13H,3-4H2,1-2H3,(H2,24,25,26). The Labute approximate surface area is 167 Å². The van der Waals surface area contributed by atoms with E-state index in [9.17, 15) is 4.79 Å². The van der Waals surface area contributed by atoms with Crippen molar-refractivity contribution >= 4 is 34.2 Å². The fourth-order valence-corrected chi connectivity index (χ4v) is 3.14. The summed E-state index contributed by atoms with van der Waals surface area (Å²) in [6.45, 7) is 1.97. The Morgan fingerprint density at radius 3 is 2.71 bits per heavy atom. The summed E-state index contributed by atoms with van der Waals surface area (Å²) in [6, 6.07) is 10.9. The first-order chi connectivity index (χ1) is 13.5. The fourth-order valence-electron chi connectivity index (χ4n) is 2.92. The van der Waals surface area contributed by atoms with Gasteiger partial charge in [0.25, 0.3) is 0 Å². The van der Waals surface area contributed by atoms with Crippen LogP contribution in [0.25, 0.3) is 10.9 Å². The van der Waals surface area contributed by atoms with E-state index in [-0.39, 0.29) is 12.1 Å². The molecule has 0 unspecified atom stereocenters. The third kappa shape index (κ3) is 3.97. The number of hydrogen-bond donors (Lipinski definition) is 2. The molecule has 4 rings (SSSR count). The van der Waals surface area contributed by atoms with Crippen LogP contribution in [0.2, 0.25) is 5.02 Å². The van der Waals surface area contributed by atoms with Crippen LogP contribution in [0.4, 0.5) is 10.5 Å². The maximum absolute atomic E-state index is 11.9. The zero-order valence-corrected chi connectivity index (χ0v) is 16.3. The Morgan fingerprint density at radius 1 is 1.18 bits per heavy atom. The molecule has 1 saturated carbocycles. The molecule has 2 aromatic carbocycles. The number of fused-ring (bicyclic) bond motifs is 1. The minimum absolute atomic E-state index is 0.248. The number of carbonyl (C=O) groups excluding carboxylic acids is 1. The molecule has 1 fully saturated rings. The van der Waals surface area contributed by atoms with E-state index in [4.69, 9.17) is 21.1 Å². The van der Waals surface area contributed by atoms with Crippen LogP contribution in [0, 0.1) is 6.92 Å². The highest BCUT2D eigenvalue weighted by Crippen LogP contribution is 2.35. The van der Waals surface area contributed by atoms with Gasteiger partial charge >= 0.3 is 6.03 Å². The summed E-state index contributed by atoms with van der Waals surface area (Å²) in [6.07, 6.45) is 3.74. The SMILES string of the molecule is COc1cc2nccc(Oc3ccc(NC(=O)NC4CC4)c(Cl)c3)c2cc1C. The third-order valence-electron chi connectivity index (χ3n) is 4.55. The number of halogens is 1. The molecule has 7 heteroatoms. The van der Waals surface area contributed by atoms with Gasteiger partial charge in [-0.3, -0.25) is 4.98 Å². The largest absolute Gasteiger partial charge is 0.496 e. The van der Waals surface area contributed by atoms with Crippen molar-refractivity contribution in [3.8, 4) is 17.2 Å². The van der Waals surface area contributed by atoms with Crippen LogP contribution in [-0.2, 0) is 0 Å². The van der Waals surface area contributed by atoms with Gasteiger partial charge in [0, 0.05) is 29.8 Å². The van der Waals surface area contributed by atoms with Crippen LogP contribution in [0.5, 0.6) is 17.2 Å². The smallest absolute Gasteiger partial charge is 0.319 e. The number of benzene rings is 2. The van der Waals surface area contributed by atoms with Gasteiger partial charge in [-0.1, -0.05) is 11.6 Å². The molecule has 3 aromatic rings. The Balaban J connectivity index is 1.56. The number of nitrogens with one attached hydrogen (secondary N) is 2. The molecule has 144 valence electrons. The molecule has 1 heterocycles. The van der Waals surface area contributed by atoms with Crippen molar-refractivity contribution in [3.05, 3.63) is 53.2 Å². The number of hydrogen-bond acceptors (Lipinski definition) is 4. The van der Waals surface area contributed by atoms with Crippen LogP contribution in [0.1, 0.15) is 18.4 Å². The van der Waals surface area contributed by atoms with Crippen LogP contribution >= 0.6 is 11.6 Å². The number of ether oxygens (including phenoxy) is 2. The molecule has 1 aliphatic rings. The van der Waals surface area contributed by atoms with Gasteiger partial charge in [0.05, 0.1) is 23.3 Å². The average molecular weight is 398 g/mol. The lowest BCUT2D eigenvalue weighted by Crippen LogP contribution is -2.30. The lowest BCUT2D eigenvalue weighted by molar-refractivity contribution is 0.251. The lowest BCUT2D eigenvalue weighted by Gasteiger charge is -2.13. The number of urea groups is 1. The quantitative estimate of drug-likeness (QED) is 0.614. The van der Waals surface area contributed by atoms with Crippen molar-refractivity contribution in [1.82, 2.24) is 10.3 Å². The normalized spacial score (nSPS) is 13.2. The van der Waals surface area contributed by atoms with E-state index in [1.54, 1.807) is 37.6 Å². The molecule has 6 nitrogen and oxygen atoms in total. The highest BCUT2D eigenvalue weighted by molar-refractivity contribution is 6.33. The monoisotopic (exact) mass is 397 g/mol. The summed E-state index contributed by atoms with van der Waals surface area (Å²) >= 11 is 6.32. The van der Waals surface area contributed by atoms with Gasteiger partial charge < -0.3 is 20.1 Å². The highest BCUT2D eigenvalue weighted by atomic mass is 35.5. The van der Waals surface area contributed by atoms with E-state index < -0.39 is 0 Å². The van der Waals surface area contributed by atoms with Crippen molar-refractivity contribution in [1.29, 1.82) is 0 Å². The van der Waals surface area contributed by atoms with Crippen molar-refractivity contribution in [2.24, 2.45) is 0 Å². The number of rotatable bonds is 5. The minimum atomic E-state index is -0.248. The van der Waals surface area contributed by atoms with E-state index >= 15 is 0 Å². The summed E-state index contributed by atoms with van der Waals surface area (Å²) in [5.41, 5.74) is 2.31. The number of pyridine rings is 1. The molecule has 1 aliphatic carbocycles. The van der Waals surface area contributed by atoms with E-state index in [0.29, 0.717) is 22.2 Å². The Bertz CT molecular complexity index is 1050. The molecule has 2 N–H and O–H groups in total. The van der Waals surface area contributed by atoms with E-state index in [0.717, 1.165) is 35.1 Å². The summed E-state index contributed by atoms with van der Waals surface area (Å²) in [4.78, 5) is 16.3. The zero-order valence-electron chi connectivity index (χ0n) is 15.6. The van der Waals surface area contributed by atoms with Gasteiger partial charge in [-0.25, -0.2) is 4.79 Å². The van der Waals surface area contributed by atoms with Gasteiger partial charge in [-0.2, -0.15) is 0 Å².